The number of hydrogen-bond donors (Lipinski definition) is 2. The van der Waals surface area contributed by atoms with Gasteiger partial charge in [0, 0.05) is 7.11 Å². The Bertz CT molecular complexity index is 1890. The smallest absolute Gasteiger partial charge is 0.187 e. The van der Waals surface area contributed by atoms with Crippen LogP contribution in [-0.4, -0.2) is 91.9 Å². The van der Waals surface area contributed by atoms with E-state index in [2.05, 4.69) is 0 Å². The van der Waals surface area contributed by atoms with E-state index in [0.717, 1.165) is 27.8 Å². The van der Waals surface area contributed by atoms with Crippen LogP contribution >= 0.6 is 0 Å². The normalized spacial score (nSPS) is 27.0. The fourth-order valence-corrected chi connectivity index (χ4v) is 7.34. The lowest BCUT2D eigenvalue weighted by atomic mass is 9.97. The maximum atomic E-state index is 11.5. The maximum absolute atomic E-state index is 11.5. The highest BCUT2D eigenvalue weighted by Gasteiger charge is 2.51. The molecule has 2 aliphatic rings. The van der Waals surface area contributed by atoms with Crippen molar-refractivity contribution < 1.29 is 52.8 Å². The van der Waals surface area contributed by atoms with E-state index in [1.165, 1.54) is 0 Å². The van der Waals surface area contributed by atoms with E-state index in [0.29, 0.717) is 0 Å². The molecule has 7 rings (SSSR count). The Morgan fingerprint density at radius 3 is 1.14 bits per heavy atom. The van der Waals surface area contributed by atoms with Crippen molar-refractivity contribution in [3.63, 3.8) is 0 Å². The van der Waals surface area contributed by atoms with Crippen LogP contribution in [0.3, 0.4) is 0 Å². The standard InChI is InChI=1S/C48H54O11/c1-51-47-46(56-32-38-25-15-6-16-26-38)44(54-30-36-21-11-4-12-22-36)42(52-28-34-17-7-2-8-18-34)40(59-47)33-57-48-45(55-31-37-23-13-5-14-24-37)43(41(50)39(27-49)58-48)53-29-35-19-9-3-10-20-35/h2-26,39-50H,27-33H2,1H3/t39-,40-,41-,42-,43+,44+,45-,46-,47+,48-/m1/s1. The van der Waals surface area contributed by atoms with E-state index in [4.69, 9.17) is 42.6 Å². The molecule has 11 nitrogen and oxygen atoms in total. The zero-order valence-corrected chi connectivity index (χ0v) is 33.2. The fraction of sp³-hybridized carbons (Fsp3) is 0.375. The van der Waals surface area contributed by atoms with Gasteiger partial charge in [0.15, 0.2) is 12.6 Å². The van der Waals surface area contributed by atoms with E-state index in [-0.39, 0.29) is 39.6 Å². The molecule has 2 heterocycles. The number of aliphatic hydroxyl groups is 2. The molecule has 59 heavy (non-hydrogen) atoms. The van der Waals surface area contributed by atoms with Crippen LogP contribution in [0, 0.1) is 0 Å². The molecule has 2 N–H and O–H groups in total. The molecule has 2 saturated heterocycles. The van der Waals surface area contributed by atoms with E-state index >= 15 is 0 Å². The van der Waals surface area contributed by atoms with Crippen LogP contribution in [0.2, 0.25) is 0 Å². The van der Waals surface area contributed by atoms with Gasteiger partial charge in [-0.25, -0.2) is 0 Å². The van der Waals surface area contributed by atoms with Crippen LogP contribution in [0.25, 0.3) is 0 Å². The second-order valence-electron chi connectivity index (χ2n) is 14.6. The van der Waals surface area contributed by atoms with Crippen LogP contribution < -0.4 is 0 Å². The highest BCUT2D eigenvalue weighted by atomic mass is 16.7. The maximum Gasteiger partial charge on any atom is 0.187 e. The number of aliphatic hydroxyl groups excluding tert-OH is 2. The summed E-state index contributed by atoms with van der Waals surface area (Å²) in [5.74, 6) is 0. The van der Waals surface area contributed by atoms with Gasteiger partial charge in [-0.05, 0) is 27.8 Å². The SMILES string of the molecule is CO[C@H]1O[C@H](CO[C@@H]2O[C@H](CO)[C@@H](O)[C@H](OCc3ccccc3)[C@H]2OCc2ccccc2)[C@@H](OCc2ccccc2)[C@H](OCc2ccccc2)[C@H]1OCc1ccccc1. The molecule has 0 saturated carbocycles. The lowest BCUT2D eigenvalue weighted by Crippen LogP contribution is -2.63. The summed E-state index contributed by atoms with van der Waals surface area (Å²) >= 11 is 0. The van der Waals surface area contributed by atoms with Crippen LogP contribution in [0.15, 0.2) is 152 Å². The zero-order chi connectivity index (χ0) is 40.7. The van der Waals surface area contributed by atoms with Crippen molar-refractivity contribution in [1.82, 2.24) is 0 Å². The molecule has 0 spiro atoms. The first kappa shape index (κ1) is 42.8. The van der Waals surface area contributed by atoms with Crippen molar-refractivity contribution in [2.75, 3.05) is 20.3 Å². The minimum absolute atomic E-state index is 0.0641. The third kappa shape index (κ3) is 11.9. The number of hydrogen-bond acceptors (Lipinski definition) is 11. The molecule has 10 atom stereocenters. The molecule has 0 aliphatic carbocycles. The third-order valence-electron chi connectivity index (χ3n) is 10.5. The molecular weight excluding hydrogens is 753 g/mol. The van der Waals surface area contributed by atoms with Crippen molar-refractivity contribution in [3.05, 3.63) is 179 Å². The van der Waals surface area contributed by atoms with Gasteiger partial charge < -0.3 is 52.8 Å². The van der Waals surface area contributed by atoms with Crippen molar-refractivity contribution in [2.45, 2.75) is 94.4 Å². The molecule has 312 valence electrons. The Labute approximate surface area is 346 Å². The van der Waals surface area contributed by atoms with Gasteiger partial charge in [-0.3, -0.25) is 0 Å². The topological polar surface area (TPSA) is 124 Å². The Hall–Kier alpha value is -4.34. The van der Waals surface area contributed by atoms with E-state index < -0.39 is 68.0 Å². The number of rotatable bonds is 20. The molecule has 5 aromatic carbocycles. The molecule has 2 aliphatic heterocycles. The predicted molar refractivity (Wildman–Crippen MR) is 218 cm³/mol. The number of methoxy groups -OCH3 is 1. The van der Waals surface area contributed by atoms with Crippen LogP contribution in [-0.2, 0) is 75.7 Å². The summed E-state index contributed by atoms with van der Waals surface area (Å²) in [6.45, 7) is 0.687. The van der Waals surface area contributed by atoms with Gasteiger partial charge in [0.05, 0.1) is 46.2 Å². The first-order chi connectivity index (χ1) is 29.1. The minimum atomic E-state index is -1.21. The van der Waals surface area contributed by atoms with Gasteiger partial charge >= 0.3 is 0 Å². The molecular formula is C48H54O11. The highest BCUT2D eigenvalue weighted by molar-refractivity contribution is 5.17. The lowest BCUT2D eigenvalue weighted by Gasteiger charge is -2.47. The summed E-state index contributed by atoms with van der Waals surface area (Å²) in [7, 11) is 1.57. The summed E-state index contributed by atoms with van der Waals surface area (Å²) in [6, 6.07) is 49.0. The van der Waals surface area contributed by atoms with Gasteiger partial charge in [0.25, 0.3) is 0 Å². The highest BCUT2D eigenvalue weighted by Crippen LogP contribution is 2.33. The van der Waals surface area contributed by atoms with Crippen LogP contribution in [0.4, 0.5) is 0 Å². The van der Waals surface area contributed by atoms with Crippen molar-refractivity contribution >= 4 is 0 Å². The average Bonchev–Trinajstić information content (AvgIpc) is 3.29. The van der Waals surface area contributed by atoms with Crippen molar-refractivity contribution in [2.24, 2.45) is 0 Å². The molecule has 2 fully saturated rings. The molecule has 0 amide bonds. The number of benzene rings is 5. The number of ether oxygens (including phenoxy) is 9. The van der Waals surface area contributed by atoms with Gasteiger partial charge in [0.1, 0.15) is 48.8 Å². The Balaban J connectivity index is 1.17. The Kier molecular flexibility index (Phi) is 16.2. The van der Waals surface area contributed by atoms with Crippen LogP contribution in [0.5, 0.6) is 0 Å². The summed E-state index contributed by atoms with van der Waals surface area (Å²) in [5.41, 5.74) is 4.76. The lowest BCUT2D eigenvalue weighted by molar-refractivity contribution is -0.347. The third-order valence-corrected chi connectivity index (χ3v) is 10.5. The fourth-order valence-electron chi connectivity index (χ4n) is 7.34. The first-order valence-electron chi connectivity index (χ1n) is 20.1. The summed E-state index contributed by atoms with van der Waals surface area (Å²) in [4.78, 5) is 0. The molecule has 5 aromatic rings. The van der Waals surface area contributed by atoms with Crippen LogP contribution in [0.1, 0.15) is 27.8 Å². The quantitative estimate of drug-likeness (QED) is 0.0912. The second kappa shape index (κ2) is 22.3. The average molecular weight is 807 g/mol. The Morgan fingerprint density at radius 1 is 0.407 bits per heavy atom. The second-order valence-corrected chi connectivity index (χ2v) is 14.6. The van der Waals surface area contributed by atoms with Gasteiger partial charge in [-0.2, -0.15) is 0 Å². The van der Waals surface area contributed by atoms with E-state index in [1.807, 2.05) is 152 Å². The van der Waals surface area contributed by atoms with E-state index in [1.54, 1.807) is 7.11 Å². The molecule has 0 radical (unpaired) electrons. The molecule has 11 heteroatoms. The minimum Gasteiger partial charge on any atom is -0.394 e. The molecule has 0 bridgehead atoms. The largest absolute Gasteiger partial charge is 0.394 e. The summed E-state index contributed by atoms with van der Waals surface area (Å²) in [6.07, 6.45) is -8.87. The van der Waals surface area contributed by atoms with Crippen molar-refractivity contribution in [3.8, 4) is 0 Å². The van der Waals surface area contributed by atoms with Gasteiger partial charge in [-0.1, -0.05) is 152 Å². The first-order valence-corrected chi connectivity index (χ1v) is 20.1. The van der Waals surface area contributed by atoms with E-state index in [9.17, 15) is 10.2 Å². The zero-order valence-electron chi connectivity index (χ0n) is 33.2. The summed E-state index contributed by atoms with van der Waals surface area (Å²) < 4.78 is 58.6. The van der Waals surface area contributed by atoms with Crippen molar-refractivity contribution in [1.29, 1.82) is 0 Å². The molecule has 0 aromatic heterocycles. The molecule has 0 unspecified atom stereocenters. The van der Waals surface area contributed by atoms with Gasteiger partial charge in [0.2, 0.25) is 0 Å². The summed E-state index contributed by atoms with van der Waals surface area (Å²) in [5, 5.41) is 21.9. The monoisotopic (exact) mass is 806 g/mol. The Morgan fingerprint density at radius 2 is 0.746 bits per heavy atom. The predicted octanol–water partition coefficient (Wildman–Crippen LogP) is 6.38. The van der Waals surface area contributed by atoms with Gasteiger partial charge in [-0.15, -0.1) is 0 Å².